The molecule has 0 aliphatic carbocycles. The van der Waals surface area contributed by atoms with E-state index in [1.807, 2.05) is 42.5 Å². The maximum absolute atomic E-state index is 11.9. The van der Waals surface area contributed by atoms with E-state index in [1.54, 1.807) is 12.3 Å². The first-order chi connectivity index (χ1) is 9.16. The maximum atomic E-state index is 11.9. The van der Waals surface area contributed by atoms with Gasteiger partial charge in [0.1, 0.15) is 0 Å². The van der Waals surface area contributed by atoms with Crippen molar-refractivity contribution in [3.8, 4) is 0 Å². The van der Waals surface area contributed by atoms with E-state index in [9.17, 15) is 4.79 Å². The summed E-state index contributed by atoms with van der Waals surface area (Å²) in [6, 6.07) is 15.0. The van der Waals surface area contributed by atoms with Gasteiger partial charge in [0, 0.05) is 8.04 Å². The number of halogens is 2. The van der Waals surface area contributed by atoms with Crippen molar-refractivity contribution in [2.75, 3.05) is 0 Å². The van der Waals surface area contributed by atoms with Crippen molar-refractivity contribution in [1.82, 2.24) is 5.43 Å². The molecule has 0 atom stereocenters. The van der Waals surface area contributed by atoms with Crippen molar-refractivity contribution >= 4 is 50.6 Å². The average Bonchev–Trinajstić information content (AvgIpc) is 2.39. The monoisotopic (exact) mass is 428 g/mol. The van der Waals surface area contributed by atoms with Crippen LogP contribution in [0.15, 0.2) is 58.1 Å². The van der Waals surface area contributed by atoms with Crippen LogP contribution in [0.5, 0.6) is 0 Å². The largest absolute Gasteiger partial charge is 0.272 e. The van der Waals surface area contributed by atoms with Crippen molar-refractivity contribution < 1.29 is 4.79 Å². The third-order valence-electron chi connectivity index (χ3n) is 2.35. The van der Waals surface area contributed by atoms with Crippen molar-refractivity contribution in [3.63, 3.8) is 0 Å². The van der Waals surface area contributed by atoms with Gasteiger partial charge in [0.2, 0.25) is 0 Å². The Kier molecular flexibility index (Phi) is 5.09. The zero-order valence-electron chi connectivity index (χ0n) is 9.81. The number of carbonyl (C=O) groups excluding carboxylic acids is 1. The molecule has 96 valence electrons. The van der Waals surface area contributed by atoms with E-state index in [1.165, 1.54) is 0 Å². The smallest absolute Gasteiger partial charge is 0.267 e. The molecule has 2 rings (SSSR count). The third kappa shape index (κ3) is 4.14. The van der Waals surface area contributed by atoms with Crippen LogP contribution in [0.2, 0.25) is 0 Å². The third-order valence-corrected chi connectivity index (χ3v) is 3.78. The topological polar surface area (TPSA) is 41.5 Å². The fourth-order valence-electron chi connectivity index (χ4n) is 1.46. The Labute approximate surface area is 133 Å². The summed E-state index contributed by atoms with van der Waals surface area (Å²) >= 11 is 5.50. The van der Waals surface area contributed by atoms with Crippen molar-refractivity contribution in [2.24, 2.45) is 5.10 Å². The van der Waals surface area contributed by atoms with Crippen LogP contribution >= 0.6 is 38.5 Å². The number of hydrogen-bond acceptors (Lipinski definition) is 2. The standard InChI is InChI=1S/C14H10BrIN2O/c15-11-5-3-4-10(8-11)9-17-18-14(19)12-6-1-2-7-13(12)16/h1-9H,(H,18,19)/b17-9-. The number of nitrogens with one attached hydrogen (secondary N) is 1. The Morgan fingerprint density at radius 2 is 2.00 bits per heavy atom. The summed E-state index contributed by atoms with van der Waals surface area (Å²) in [5.74, 6) is -0.212. The number of rotatable bonds is 3. The molecular formula is C14H10BrIN2O. The van der Waals surface area contributed by atoms with Gasteiger partial charge in [-0.15, -0.1) is 0 Å². The van der Waals surface area contributed by atoms with Gasteiger partial charge >= 0.3 is 0 Å². The van der Waals surface area contributed by atoms with Crippen LogP contribution in [0.25, 0.3) is 0 Å². The highest BCUT2D eigenvalue weighted by Crippen LogP contribution is 2.11. The Balaban J connectivity index is 2.03. The number of nitrogens with zero attached hydrogens (tertiary/aromatic N) is 1. The highest BCUT2D eigenvalue weighted by atomic mass is 127. The van der Waals surface area contributed by atoms with Crippen LogP contribution < -0.4 is 5.43 Å². The number of hydrogen-bond donors (Lipinski definition) is 1. The van der Waals surface area contributed by atoms with Crippen molar-refractivity contribution in [1.29, 1.82) is 0 Å². The van der Waals surface area contributed by atoms with E-state index in [4.69, 9.17) is 0 Å². The Bertz CT molecular complexity index is 628. The predicted octanol–water partition coefficient (Wildman–Crippen LogP) is 3.82. The van der Waals surface area contributed by atoms with E-state index in [2.05, 4.69) is 49.0 Å². The SMILES string of the molecule is O=C(N/N=C\c1cccc(Br)c1)c1ccccc1I. The number of hydrazone groups is 1. The van der Waals surface area contributed by atoms with Crippen LogP contribution in [0.1, 0.15) is 15.9 Å². The molecule has 5 heteroatoms. The maximum Gasteiger partial charge on any atom is 0.272 e. The lowest BCUT2D eigenvalue weighted by molar-refractivity contribution is 0.0954. The zero-order valence-corrected chi connectivity index (χ0v) is 13.6. The molecule has 0 aliphatic heterocycles. The molecule has 2 aromatic rings. The Morgan fingerprint density at radius 3 is 2.74 bits per heavy atom. The van der Waals surface area contributed by atoms with E-state index >= 15 is 0 Å². The van der Waals surface area contributed by atoms with E-state index in [0.29, 0.717) is 5.56 Å². The van der Waals surface area contributed by atoms with Gasteiger partial charge in [-0.3, -0.25) is 4.79 Å². The van der Waals surface area contributed by atoms with E-state index in [-0.39, 0.29) is 5.91 Å². The van der Waals surface area contributed by atoms with Gasteiger partial charge < -0.3 is 0 Å². The Morgan fingerprint density at radius 1 is 1.21 bits per heavy atom. The van der Waals surface area contributed by atoms with Crippen LogP contribution in [0.4, 0.5) is 0 Å². The quantitative estimate of drug-likeness (QED) is 0.450. The summed E-state index contributed by atoms with van der Waals surface area (Å²) in [7, 11) is 0. The lowest BCUT2D eigenvalue weighted by Crippen LogP contribution is -2.18. The lowest BCUT2D eigenvalue weighted by atomic mass is 10.2. The highest BCUT2D eigenvalue weighted by molar-refractivity contribution is 14.1. The molecule has 19 heavy (non-hydrogen) atoms. The second-order valence-corrected chi connectivity index (χ2v) is 5.81. The summed E-state index contributed by atoms with van der Waals surface area (Å²) in [6.45, 7) is 0. The summed E-state index contributed by atoms with van der Waals surface area (Å²) in [5.41, 5.74) is 4.05. The first kappa shape index (κ1) is 14.2. The molecule has 0 unspecified atom stereocenters. The molecule has 0 fully saturated rings. The van der Waals surface area contributed by atoms with Crippen LogP contribution in [-0.4, -0.2) is 12.1 Å². The van der Waals surface area contributed by atoms with Gasteiger partial charge in [-0.05, 0) is 52.4 Å². The first-order valence-electron chi connectivity index (χ1n) is 5.50. The minimum Gasteiger partial charge on any atom is -0.267 e. The number of benzene rings is 2. The van der Waals surface area contributed by atoms with Gasteiger partial charge in [-0.2, -0.15) is 5.10 Å². The normalized spacial score (nSPS) is 10.6. The first-order valence-corrected chi connectivity index (χ1v) is 7.37. The van der Waals surface area contributed by atoms with Crippen molar-refractivity contribution in [3.05, 3.63) is 67.7 Å². The van der Waals surface area contributed by atoms with Gasteiger partial charge in [0.15, 0.2) is 0 Å². The molecule has 0 spiro atoms. The lowest BCUT2D eigenvalue weighted by Gasteiger charge is -2.01. The summed E-state index contributed by atoms with van der Waals surface area (Å²) in [4.78, 5) is 11.9. The van der Waals surface area contributed by atoms with Gasteiger partial charge in [-0.1, -0.05) is 40.2 Å². The van der Waals surface area contributed by atoms with E-state index < -0.39 is 0 Å². The molecular weight excluding hydrogens is 419 g/mol. The molecule has 0 aromatic heterocycles. The van der Waals surface area contributed by atoms with Gasteiger partial charge in [0.05, 0.1) is 11.8 Å². The van der Waals surface area contributed by atoms with Crippen molar-refractivity contribution in [2.45, 2.75) is 0 Å². The molecule has 0 heterocycles. The molecule has 0 saturated carbocycles. The minimum absolute atomic E-state index is 0.212. The predicted molar refractivity (Wildman–Crippen MR) is 88.4 cm³/mol. The molecule has 0 bridgehead atoms. The van der Waals surface area contributed by atoms with E-state index in [0.717, 1.165) is 13.6 Å². The summed E-state index contributed by atoms with van der Waals surface area (Å²) in [6.07, 6.45) is 1.61. The molecule has 0 saturated heterocycles. The summed E-state index contributed by atoms with van der Waals surface area (Å²) < 4.78 is 1.87. The van der Waals surface area contributed by atoms with Crippen LogP contribution in [0.3, 0.4) is 0 Å². The van der Waals surface area contributed by atoms with Crippen LogP contribution in [0, 0.1) is 3.57 Å². The molecule has 3 nitrogen and oxygen atoms in total. The molecule has 1 N–H and O–H groups in total. The van der Waals surface area contributed by atoms with Gasteiger partial charge in [-0.25, -0.2) is 5.43 Å². The Hall–Kier alpha value is -1.21. The fourth-order valence-corrected chi connectivity index (χ4v) is 2.51. The molecule has 0 aliphatic rings. The molecule has 1 amide bonds. The molecule has 0 radical (unpaired) electrons. The molecule has 2 aromatic carbocycles. The number of amides is 1. The second-order valence-electron chi connectivity index (χ2n) is 3.73. The zero-order chi connectivity index (χ0) is 13.7. The fraction of sp³-hybridized carbons (Fsp3) is 0. The minimum atomic E-state index is -0.212. The van der Waals surface area contributed by atoms with Crippen LogP contribution in [-0.2, 0) is 0 Å². The summed E-state index contributed by atoms with van der Waals surface area (Å²) in [5, 5.41) is 3.95. The number of carbonyl (C=O) groups is 1. The van der Waals surface area contributed by atoms with Gasteiger partial charge in [0.25, 0.3) is 5.91 Å². The average molecular weight is 429 g/mol. The second kappa shape index (κ2) is 6.81. The highest BCUT2D eigenvalue weighted by Gasteiger charge is 2.07.